The average Bonchev–Trinajstić information content (AvgIpc) is 2.28. The van der Waals surface area contributed by atoms with E-state index in [1.54, 1.807) is 0 Å². The Bertz CT molecular complexity index is 376. The Labute approximate surface area is 101 Å². The Morgan fingerprint density at radius 1 is 0.889 bits per heavy atom. The highest BCUT2D eigenvalue weighted by Gasteiger charge is 2.47. The number of carbonyl (C=O) groups excluding carboxylic acids is 1. The number of hydrogen-bond donors (Lipinski definition) is 3. The van der Waals surface area contributed by atoms with Crippen LogP contribution in [-0.4, -0.2) is 45.8 Å². The van der Waals surface area contributed by atoms with Crippen molar-refractivity contribution in [3.8, 4) is 0 Å². The van der Waals surface area contributed by atoms with Crippen LogP contribution in [-0.2, 0) is 23.9 Å². The first-order valence-electron chi connectivity index (χ1n) is 5.16. The molecule has 0 aromatic heterocycles. The van der Waals surface area contributed by atoms with Crippen molar-refractivity contribution >= 4 is 24.4 Å². The van der Waals surface area contributed by atoms with Gasteiger partial charge in [-0.3, -0.25) is 19.2 Å². The first kappa shape index (κ1) is 13.9. The maximum Gasteiger partial charge on any atom is 0.310 e. The van der Waals surface area contributed by atoms with Gasteiger partial charge in [-0.1, -0.05) is 0 Å². The summed E-state index contributed by atoms with van der Waals surface area (Å²) in [6.07, 6.45) is -1.81. The summed E-state index contributed by atoms with van der Waals surface area (Å²) < 4.78 is 4.55. The molecule has 1 fully saturated rings. The van der Waals surface area contributed by atoms with Crippen molar-refractivity contribution in [1.82, 2.24) is 0 Å². The van der Waals surface area contributed by atoms with Gasteiger partial charge in [-0.15, -0.1) is 0 Å². The molecule has 0 aromatic rings. The van der Waals surface area contributed by atoms with Crippen LogP contribution in [0.5, 0.6) is 0 Å². The minimum atomic E-state index is -1.36. The molecule has 3 N–H and O–H groups in total. The Kier molecular flexibility index (Phi) is 4.24. The topological polar surface area (TPSA) is 138 Å². The third-order valence-electron chi connectivity index (χ3n) is 3.11. The monoisotopic (exact) mass is 260 g/mol. The lowest BCUT2D eigenvalue weighted by Crippen LogP contribution is -2.45. The van der Waals surface area contributed by atoms with E-state index in [-0.39, 0.29) is 19.3 Å². The van der Waals surface area contributed by atoms with Crippen LogP contribution in [0.1, 0.15) is 12.8 Å². The van der Waals surface area contributed by atoms with Gasteiger partial charge in [0.1, 0.15) is 6.10 Å². The minimum absolute atomic E-state index is 0.0423. The number of aliphatic carboxylic acids is 3. The third-order valence-corrected chi connectivity index (χ3v) is 3.11. The molecule has 4 atom stereocenters. The number of carboxylic acid groups (broad SMARTS) is 3. The highest BCUT2D eigenvalue weighted by atomic mass is 16.5. The van der Waals surface area contributed by atoms with Crippen LogP contribution in [0.15, 0.2) is 0 Å². The van der Waals surface area contributed by atoms with Gasteiger partial charge >= 0.3 is 17.9 Å². The van der Waals surface area contributed by atoms with E-state index in [0.29, 0.717) is 0 Å². The molecule has 0 aliphatic heterocycles. The molecule has 8 nitrogen and oxygen atoms in total. The van der Waals surface area contributed by atoms with Crippen LogP contribution in [0.25, 0.3) is 0 Å². The molecule has 100 valence electrons. The number of carbonyl (C=O) groups is 4. The Morgan fingerprint density at radius 3 is 1.72 bits per heavy atom. The second-order valence-corrected chi connectivity index (χ2v) is 4.08. The normalized spacial score (nSPS) is 31.3. The van der Waals surface area contributed by atoms with Crippen LogP contribution >= 0.6 is 0 Å². The SMILES string of the molecule is O=COC1CC(C(=O)O)C(C(=O)O)CC1C(=O)O. The lowest BCUT2D eigenvalue weighted by molar-refractivity contribution is -0.169. The van der Waals surface area contributed by atoms with Crippen molar-refractivity contribution in [1.29, 1.82) is 0 Å². The van der Waals surface area contributed by atoms with Crippen molar-refractivity contribution in [3.05, 3.63) is 0 Å². The predicted octanol–water partition coefficient (Wildman–Crippen LogP) is -0.576. The molecule has 4 unspecified atom stereocenters. The summed E-state index contributed by atoms with van der Waals surface area (Å²) in [5, 5.41) is 26.7. The van der Waals surface area contributed by atoms with Crippen molar-refractivity contribution < 1.29 is 39.2 Å². The zero-order valence-corrected chi connectivity index (χ0v) is 9.18. The molecular formula is C10H12O8. The fourth-order valence-electron chi connectivity index (χ4n) is 2.20. The van der Waals surface area contributed by atoms with Crippen LogP contribution in [0, 0.1) is 17.8 Å². The molecule has 1 aliphatic carbocycles. The largest absolute Gasteiger partial charge is 0.481 e. The van der Waals surface area contributed by atoms with Crippen LogP contribution in [0.3, 0.4) is 0 Å². The summed E-state index contributed by atoms with van der Waals surface area (Å²) in [7, 11) is 0. The first-order valence-corrected chi connectivity index (χ1v) is 5.16. The molecule has 0 amide bonds. The molecule has 0 aromatic carbocycles. The van der Waals surface area contributed by atoms with E-state index in [9.17, 15) is 19.2 Å². The quantitative estimate of drug-likeness (QED) is 0.558. The Balaban J connectivity index is 2.98. The standard InChI is InChI=1S/C10H12O8/c11-3-18-7-2-5(9(14)15)4(8(12)13)1-6(7)10(16)17/h3-7H,1-2H2,(H,12,13)(H,14,15)(H,16,17). The van der Waals surface area contributed by atoms with Crippen molar-refractivity contribution in [2.75, 3.05) is 0 Å². The lowest BCUT2D eigenvalue weighted by atomic mass is 9.72. The number of ether oxygens (including phenoxy) is 1. The zero-order chi connectivity index (χ0) is 13.9. The van der Waals surface area contributed by atoms with Gasteiger partial charge in [-0.05, 0) is 12.8 Å². The molecular weight excluding hydrogens is 248 g/mol. The zero-order valence-electron chi connectivity index (χ0n) is 9.18. The van der Waals surface area contributed by atoms with E-state index in [1.807, 2.05) is 0 Å². The summed E-state index contributed by atoms with van der Waals surface area (Å²) in [6.45, 7) is 0.0423. The highest BCUT2D eigenvalue weighted by Crippen LogP contribution is 2.36. The molecule has 0 bridgehead atoms. The van der Waals surface area contributed by atoms with Crippen molar-refractivity contribution in [2.45, 2.75) is 18.9 Å². The second-order valence-electron chi connectivity index (χ2n) is 4.08. The Hall–Kier alpha value is -2.12. The summed E-state index contributed by atoms with van der Waals surface area (Å²) in [5.74, 6) is -7.77. The maximum atomic E-state index is 10.9. The summed E-state index contributed by atoms with van der Waals surface area (Å²) in [4.78, 5) is 43.1. The average molecular weight is 260 g/mol. The summed E-state index contributed by atoms with van der Waals surface area (Å²) >= 11 is 0. The van der Waals surface area contributed by atoms with Crippen LogP contribution in [0.4, 0.5) is 0 Å². The number of hydrogen-bond acceptors (Lipinski definition) is 5. The third kappa shape index (κ3) is 2.76. The molecule has 0 radical (unpaired) electrons. The van der Waals surface area contributed by atoms with Crippen LogP contribution in [0.2, 0.25) is 0 Å². The molecule has 0 heterocycles. The highest BCUT2D eigenvalue weighted by molar-refractivity contribution is 5.82. The van der Waals surface area contributed by atoms with Crippen molar-refractivity contribution in [3.63, 3.8) is 0 Å². The van der Waals surface area contributed by atoms with Crippen LogP contribution < -0.4 is 0 Å². The molecule has 0 saturated heterocycles. The maximum absolute atomic E-state index is 10.9. The molecule has 1 saturated carbocycles. The van der Waals surface area contributed by atoms with Crippen molar-refractivity contribution in [2.24, 2.45) is 17.8 Å². The van der Waals surface area contributed by atoms with E-state index in [1.165, 1.54) is 0 Å². The van der Waals surface area contributed by atoms with Gasteiger partial charge in [-0.25, -0.2) is 0 Å². The van der Waals surface area contributed by atoms with E-state index in [2.05, 4.69) is 4.74 Å². The summed E-state index contributed by atoms with van der Waals surface area (Å²) in [6, 6.07) is 0. The molecule has 0 spiro atoms. The van der Waals surface area contributed by atoms with E-state index >= 15 is 0 Å². The second kappa shape index (κ2) is 5.48. The lowest BCUT2D eigenvalue weighted by Gasteiger charge is -2.34. The fourth-order valence-corrected chi connectivity index (χ4v) is 2.20. The molecule has 1 rings (SSSR count). The minimum Gasteiger partial charge on any atom is -0.481 e. The van der Waals surface area contributed by atoms with Gasteiger partial charge in [-0.2, -0.15) is 0 Å². The van der Waals surface area contributed by atoms with Gasteiger partial charge in [0.15, 0.2) is 0 Å². The first-order chi connectivity index (χ1) is 8.38. The fraction of sp³-hybridized carbons (Fsp3) is 0.600. The number of carboxylic acids is 3. The molecule has 8 heteroatoms. The Morgan fingerprint density at radius 2 is 1.33 bits per heavy atom. The summed E-state index contributed by atoms with van der Waals surface area (Å²) in [5.41, 5.74) is 0. The smallest absolute Gasteiger partial charge is 0.310 e. The van der Waals surface area contributed by atoms with Gasteiger partial charge < -0.3 is 20.1 Å². The van der Waals surface area contributed by atoms with E-state index in [4.69, 9.17) is 15.3 Å². The van der Waals surface area contributed by atoms with Gasteiger partial charge in [0.05, 0.1) is 17.8 Å². The van der Waals surface area contributed by atoms with Gasteiger partial charge in [0.2, 0.25) is 0 Å². The molecule has 1 aliphatic rings. The predicted molar refractivity (Wildman–Crippen MR) is 53.5 cm³/mol. The van der Waals surface area contributed by atoms with E-state index < -0.39 is 41.8 Å². The van der Waals surface area contributed by atoms with E-state index in [0.717, 1.165) is 0 Å². The molecule has 18 heavy (non-hydrogen) atoms. The van der Waals surface area contributed by atoms with Gasteiger partial charge in [0, 0.05) is 0 Å². The van der Waals surface area contributed by atoms with Gasteiger partial charge in [0.25, 0.3) is 6.47 Å². The number of rotatable bonds is 5.